The summed E-state index contributed by atoms with van der Waals surface area (Å²) >= 11 is 0. The molecule has 0 aromatic heterocycles. The second-order valence-corrected chi connectivity index (χ2v) is 7.54. The molecule has 3 aromatic rings. The van der Waals surface area contributed by atoms with Crippen LogP contribution in [0.1, 0.15) is 45.1 Å². The van der Waals surface area contributed by atoms with E-state index in [1.54, 1.807) is 6.07 Å². The minimum Gasteiger partial charge on any atom is -0.493 e. The molecule has 0 atom stereocenters. The first-order valence-corrected chi connectivity index (χ1v) is 10.2. The Labute approximate surface area is 178 Å². The van der Waals surface area contributed by atoms with E-state index in [-0.39, 0.29) is 5.91 Å². The van der Waals surface area contributed by atoms with Gasteiger partial charge in [0.05, 0.1) is 6.61 Å². The summed E-state index contributed by atoms with van der Waals surface area (Å²) in [6.45, 7) is 9.45. The highest BCUT2D eigenvalue weighted by molar-refractivity contribution is 5.94. The van der Waals surface area contributed by atoms with Gasteiger partial charge in [0.2, 0.25) is 0 Å². The van der Waals surface area contributed by atoms with Gasteiger partial charge in [-0.3, -0.25) is 4.79 Å². The third kappa shape index (κ3) is 5.86. The standard InChI is InChI=1S/C26H29NO3/c1-5-29-25-11-10-22(26(28)27-16-21-8-6-18(2)7-9-21)15-23(25)17-30-24-13-19(3)12-20(4)14-24/h6-15H,5,16-17H2,1-4H3,(H,27,28). The normalized spacial score (nSPS) is 10.5. The molecule has 1 amide bonds. The number of carbonyl (C=O) groups is 1. The Morgan fingerprint density at radius 2 is 1.53 bits per heavy atom. The predicted octanol–water partition coefficient (Wildman–Crippen LogP) is 5.52. The fourth-order valence-electron chi connectivity index (χ4n) is 3.30. The number of hydrogen-bond donors (Lipinski definition) is 1. The first-order valence-electron chi connectivity index (χ1n) is 10.2. The summed E-state index contributed by atoms with van der Waals surface area (Å²) < 4.78 is 11.7. The largest absolute Gasteiger partial charge is 0.493 e. The van der Waals surface area contributed by atoms with Gasteiger partial charge in [0.25, 0.3) is 5.91 Å². The third-order valence-corrected chi connectivity index (χ3v) is 4.79. The molecule has 0 unspecified atom stereocenters. The van der Waals surface area contributed by atoms with E-state index < -0.39 is 0 Å². The van der Waals surface area contributed by atoms with Crippen molar-refractivity contribution in [3.05, 3.63) is 94.0 Å². The number of rotatable bonds is 8. The van der Waals surface area contributed by atoms with Crippen LogP contribution in [0.2, 0.25) is 0 Å². The van der Waals surface area contributed by atoms with E-state index in [9.17, 15) is 4.79 Å². The average molecular weight is 404 g/mol. The van der Waals surface area contributed by atoms with E-state index in [0.29, 0.717) is 25.3 Å². The van der Waals surface area contributed by atoms with E-state index in [1.807, 2.05) is 76.2 Å². The highest BCUT2D eigenvalue weighted by Gasteiger charge is 2.12. The van der Waals surface area contributed by atoms with Crippen molar-refractivity contribution < 1.29 is 14.3 Å². The second-order valence-electron chi connectivity index (χ2n) is 7.54. The molecular weight excluding hydrogens is 374 g/mol. The summed E-state index contributed by atoms with van der Waals surface area (Å²) in [5.41, 5.74) is 6.01. The fourth-order valence-corrected chi connectivity index (χ4v) is 3.30. The van der Waals surface area contributed by atoms with Crippen molar-refractivity contribution in [1.29, 1.82) is 0 Å². The summed E-state index contributed by atoms with van der Waals surface area (Å²) in [6, 6.07) is 19.7. The molecule has 3 rings (SSSR count). The van der Waals surface area contributed by atoms with Gasteiger partial charge in [0, 0.05) is 17.7 Å². The predicted molar refractivity (Wildman–Crippen MR) is 120 cm³/mol. The van der Waals surface area contributed by atoms with Crippen LogP contribution in [0, 0.1) is 20.8 Å². The molecule has 30 heavy (non-hydrogen) atoms. The van der Waals surface area contributed by atoms with E-state index >= 15 is 0 Å². The minimum absolute atomic E-state index is 0.119. The molecule has 4 nitrogen and oxygen atoms in total. The van der Waals surface area contributed by atoms with Crippen molar-refractivity contribution in [3.8, 4) is 11.5 Å². The molecule has 3 aromatic carbocycles. The molecule has 0 aliphatic carbocycles. The number of amides is 1. The summed E-state index contributed by atoms with van der Waals surface area (Å²) in [5.74, 6) is 1.42. The third-order valence-electron chi connectivity index (χ3n) is 4.79. The maximum atomic E-state index is 12.7. The van der Waals surface area contributed by atoms with Gasteiger partial charge in [-0.15, -0.1) is 0 Å². The second kappa shape index (κ2) is 9.97. The molecule has 0 saturated carbocycles. The number of hydrogen-bond acceptors (Lipinski definition) is 3. The van der Waals surface area contributed by atoms with Gasteiger partial charge in [-0.05, 0) is 74.7 Å². The monoisotopic (exact) mass is 403 g/mol. The zero-order valence-corrected chi connectivity index (χ0v) is 18.1. The Bertz CT molecular complexity index is 989. The van der Waals surface area contributed by atoms with E-state index in [0.717, 1.165) is 33.8 Å². The van der Waals surface area contributed by atoms with Crippen molar-refractivity contribution in [3.63, 3.8) is 0 Å². The molecule has 0 bridgehead atoms. The molecule has 1 N–H and O–H groups in total. The van der Waals surface area contributed by atoms with Crippen LogP contribution in [0.25, 0.3) is 0 Å². The maximum absolute atomic E-state index is 12.7. The van der Waals surface area contributed by atoms with Crippen LogP contribution in [-0.2, 0) is 13.2 Å². The van der Waals surface area contributed by atoms with Crippen LogP contribution in [0.5, 0.6) is 11.5 Å². The lowest BCUT2D eigenvalue weighted by atomic mass is 10.1. The number of carbonyl (C=O) groups excluding carboxylic acids is 1. The smallest absolute Gasteiger partial charge is 0.251 e. The maximum Gasteiger partial charge on any atom is 0.251 e. The van der Waals surface area contributed by atoms with Gasteiger partial charge in [0.1, 0.15) is 18.1 Å². The van der Waals surface area contributed by atoms with Gasteiger partial charge in [-0.2, -0.15) is 0 Å². The first kappa shape index (κ1) is 21.4. The van der Waals surface area contributed by atoms with Crippen molar-refractivity contribution in [2.45, 2.75) is 40.8 Å². The van der Waals surface area contributed by atoms with Crippen LogP contribution in [0.4, 0.5) is 0 Å². The Morgan fingerprint density at radius 1 is 0.833 bits per heavy atom. The van der Waals surface area contributed by atoms with Crippen molar-refractivity contribution in [2.24, 2.45) is 0 Å². The number of nitrogens with one attached hydrogen (secondary N) is 1. The molecule has 0 aliphatic rings. The summed E-state index contributed by atoms with van der Waals surface area (Å²) in [5, 5.41) is 2.98. The highest BCUT2D eigenvalue weighted by Crippen LogP contribution is 2.24. The quantitative estimate of drug-likeness (QED) is 0.539. The number of ether oxygens (including phenoxy) is 2. The van der Waals surface area contributed by atoms with Crippen LogP contribution in [0.3, 0.4) is 0 Å². The summed E-state index contributed by atoms with van der Waals surface area (Å²) in [6.07, 6.45) is 0. The van der Waals surface area contributed by atoms with E-state index in [2.05, 4.69) is 11.4 Å². The molecule has 156 valence electrons. The lowest BCUT2D eigenvalue weighted by Gasteiger charge is -2.14. The molecule has 4 heteroatoms. The first-order chi connectivity index (χ1) is 14.4. The average Bonchev–Trinajstić information content (AvgIpc) is 2.72. The fraction of sp³-hybridized carbons (Fsp3) is 0.269. The van der Waals surface area contributed by atoms with Crippen molar-refractivity contribution in [1.82, 2.24) is 5.32 Å². The SMILES string of the molecule is CCOc1ccc(C(=O)NCc2ccc(C)cc2)cc1COc1cc(C)cc(C)c1. The zero-order valence-electron chi connectivity index (χ0n) is 18.1. The summed E-state index contributed by atoms with van der Waals surface area (Å²) in [7, 11) is 0. The van der Waals surface area contributed by atoms with Gasteiger partial charge in [0.15, 0.2) is 0 Å². The Morgan fingerprint density at radius 3 is 2.20 bits per heavy atom. The number of benzene rings is 3. The van der Waals surface area contributed by atoms with Crippen molar-refractivity contribution in [2.75, 3.05) is 6.61 Å². The van der Waals surface area contributed by atoms with Crippen LogP contribution in [-0.4, -0.2) is 12.5 Å². The van der Waals surface area contributed by atoms with Gasteiger partial charge < -0.3 is 14.8 Å². The minimum atomic E-state index is -0.119. The van der Waals surface area contributed by atoms with E-state index in [4.69, 9.17) is 9.47 Å². The lowest BCUT2D eigenvalue weighted by molar-refractivity contribution is 0.0950. The topological polar surface area (TPSA) is 47.6 Å². The zero-order chi connectivity index (χ0) is 21.5. The van der Waals surface area contributed by atoms with E-state index in [1.165, 1.54) is 5.56 Å². The van der Waals surface area contributed by atoms with Gasteiger partial charge in [-0.25, -0.2) is 0 Å². The molecule has 0 saturated heterocycles. The Hall–Kier alpha value is -3.27. The molecule has 0 aliphatic heterocycles. The summed E-state index contributed by atoms with van der Waals surface area (Å²) in [4.78, 5) is 12.7. The molecule has 0 heterocycles. The lowest BCUT2D eigenvalue weighted by Crippen LogP contribution is -2.23. The molecule has 0 fully saturated rings. The van der Waals surface area contributed by atoms with Gasteiger partial charge >= 0.3 is 0 Å². The number of aryl methyl sites for hydroxylation is 3. The molecular formula is C26H29NO3. The Balaban J connectivity index is 1.72. The Kier molecular flexibility index (Phi) is 7.12. The molecule has 0 spiro atoms. The molecule has 0 radical (unpaired) electrons. The van der Waals surface area contributed by atoms with Crippen molar-refractivity contribution >= 4 is 5.91 Å². The van der Waals surface area contributed by atoms with Crippen LogP contribution in [0.15, 0.2) is 60.7 Å². The van der Waals surface area contributed by atoms with Crippen LogP contribution >= 0.6 is 0 Å². The van der Waals surface area contributed by atoms with Gasteiger partial charge in [-0.1, -0.05) is 35.9 Å². The highest BCUT2D eigenvalue weighted by atomic mass is 16.5. The van der Waals surface area contributed by atoms with Crippen LogP contribution < -0.4 is 14.8 Å².